The number of hydrogen-bond donors (Lipinski definition) is 4. The number of likely N-dealkylation sites (N-methyl/N-ethyl adjacent to an activating group) is 1. The highest BCUT2D eigenvalue weighted by molar-refractivity contribution is 7.47. The van der Waals surface area contributed by atoms with E-state index < -0.39 is 50.8 Å². The fourth-order valence-electron chi connectivity index (χ4n) is 7.64. The predicted molar refractivity (Wildman–Crippen MR) is 236 cm³/mol. The molecule has 1 saturated carbocycles. The molecule has 0 amide bonds. The van der Waals surface area contributed by atoms with Crippen molar-refractivity contribution in [2.45, 2.75) is 212 Å². The number of aliphatic hydroxyl groups excluding tert-OH is 3. The fraction of sp³-hybridized carbons (Fsp3) is 0.913. The van der Waals surface area contributed by atoms with Gasteiger partial charge in [0.2, 0.25) is 0 Å². The molecule has 1 aliphatic carbocycles. The van der Waals surface area contributed by atoms with E-state index in [9.17, 15) is 34.4 Å². The quantitative estimate of drug-likeness (QED) is 0.0153. The molecule has 0 aromatic heterocycles. The van der Waals surface area contributed by atoms with Crippen molar-refractivity contribution in [3.63, 3.8) is 0 Å². The average molecular weight is 863 g/mol. The molecule has 59 heavy (non-hydrogen) atoms. The third kappa shape index (κ3) is 31.2. The van der Waals surface area contributed by atoms with Crippen LogP contribution < -0.4 is 0 Å². The van der Waals surface area contributed by atoms with Crippen molar-refractivity contribution in [2.24, 2.45) is 11.8 Å². The predicted octanol–water partition coefficient (Wildman–Crippen LogP) is 9.74. The Labute approximate surface area is 359 Å². The number of hydrogen-bond acceptors (Lipinski definition) is 10. The van der Waals surface area contributed by atoms with Crippen LogP contribution in [0.25, 0.3) is 0 Å². The van der Waals surface area contributed by atoms with E-state index in [1.54, 1.807) is 6.08 Å². The normalized spacial score (nSPS) is 20.5. The fourth-order valence-corrected chi connectivity index (χ4v) is 8.38. The van der Waals surface area contributed by atoms with E-state index in [1.807, 2.05) is 27.2 Å². The van der Waals surface area contributed by atoms with E-state index in [1.165, 1.54) is 70.6 Å². The maximum absolute atomic E-state index is 12.8. The largest absolute Gasteiger partial charge is 0.472 e. The summed E-state index contributed by atoms with van der Waals surface area (Å²) >= 11 is 0. The van der Waals surface area contributed by atoms with Crippen LogP contribution >= 0.6 is 7.82 Å². The maximum Gasteiger partial charge on any atom is 0.472 e. The lowest BCUT2D eigenvalue weighted by Crippen LogP contribution is -2.37. The van der Waals surface area contributed by atoms with Gasteiger partial charge >= 0.3 is 19.8 Å². The summed E-state index contributed by atoms with van der Waals surface area (Å²) in [5.41, 5.74) is 0. The van der Waals surface area contributed by atoms with Crippen LogP contribution in [0.5, 0.6) is 0 Å². The van der Waals surface area contributed by atoms with Crippen LogP contribution in [0.2, 0.25) is 0 Å². The van der Waals surface area contributed by atoms with Gasteiger partial charge in [0.25, 0.3) is 0 Å². The van der Waals surface area contributed by atoms with Gasteiger partial charge in [-0.05, 0) is 31.6 Å². The van der Waals surface area contributed by atoms with Crippen LogP contribution in [0, 0.1) is 11.8 Å². The summed E-state index contributed by atoms with van der Waals surface area (Å²) in [4.78, 5) is 35.6. The van der Waals surface area contributed by atoms with Gasteiger partial charge in [0.15, 0.2) is 6.10 Å². The van der Waals surface area contributed by atoms with E-state index in [2.05, 4.69) is 13.8 Å². The molecule has 0 radical (unpaired) electrons. The summed E-state index contributed by atoms with van der Waals surface area (Å²) in [5.74, 6) is -1.22. The molecule has 7 atom stereocenters. The standard InChI is InChI=1S/C46H88NO11P/c1-6-8-10-11-12-13-14-15-16-17-18-19-20-21-26-30-45(51)55-37-40(38-57-59(53,54)56-35-34-47(3,4)5)58-46(52)31-27-23-22-25-29-41-42(44(50)36-43(41)49)33-32-39(48)28-24-9-7-2/h32-33,39-44,48-50H,6-31,34-38H2,1-5H3/p+1/b33-32+/t39-,40+,41+,42+,43-,44+/m0/s1. The third-order valence-electron chi connectivity index (χ3n) is 11.4. The van der Waals surface area contributed by atoms with Gasteiger partial charge in [-0.25, -0.2) is 4.57 Å². The summed E-state index contributed by atoms with van der Waals surface area (Å²) in [6.45, 7) is 4.10. The first-order valence-corrected chi connectivity index (χ1v) is 25.2. The summed E-state index contributed by atoms with van der Waals surface area (Å²) in [6, 6.07) is 0. The van der Waals surface area contributed by atoms with Crippen molar-refractivity contribution >= 4 is 19.8 Å². The molecule has 12 nitrogen and oxygen atoms in total. The van der Waals surface area contributed by atoms with Crippen LogP contribution in [0.1, 0.15) is 187 Å². The molecule has 0 aromatic carbocycles. The molecule has 1 unspecified atom stereocenters. The molecule has 0 aromatic rings. The van der Waals surface area contributed by atoms with Gasteiger partial charge in [-0.1, -0.05) is 154 Å². The maximum atomic E-state index is 12.8. The van der Waals surface area contributed by atoms with Crippen molar-refractivity contribution in [3.05, 3.63) is 12.2 Å². The molecule has 0 saturated heterocycles. The van der Waals surface area contributed by atoms with Crippen LogP contribution in [0.3, 0.4) is 0 Å². The Hall–Kier alpha value is -1.37. The molecular formula is C46H89NO11P+. The van der Waals surface area contributed by atoms with E-state index in [-0.39, 0.29) is 37.9 Å². The Balaban J connectivity index is 2.44. The second-order valence-corrected chi connectivity index (χ2v) is 19.6. The summed E-state index contributed by atoms with van der Waals surface area (Å²) in [7, 11) is 1.35. The van der Waals surface area contributed by atoms with E-state index in [0.29, 0.717) is 36.7 Å². The minimum atomic E-state index is -4.43. The lowest BCUT2D eigenvalue weighted by atomic mass is 9.88. The SMILES string of the molecule is CCCCCCCCCCCCCCCCCC(=O)OC[C@H](COP(=O)(O)OCC[N+](C)(C)C)OC(=O)CCCCCC[C@@H]1[C@@H](/C=C/[C@@H](O)CCCCC)[C@H](O)C[C@@H]1O. The molecule has 13 heteroatoms. The topological polar surface area (TPSA) is 169 Å². The second-order valence-electron chi connectivity index (χ2n) is 18.1. The molecule has 1 fully saturated rings. The number of carbonyl (C=O) groups is 2. The molecule has 0 aliphatic heterocycles. The summed E-state index contributed by atoms with van der Waals surface area (Å²) < 4.78 is 34.4. The number of aliphatic hydroxyl groups is 3. The number of carbonyl (C=O) groups excluding carboxylic acids is 2. The number of phosphoric ester groups is 1. The van der Waals surface area contributed by atoms with Crippen LogP contribution in [0.15, 0.2) is 12.2 Å². The molecule has 1 rings (SSSR count). The van der Waals surface area contributed by atoms with Crippen molar-refractivity contribution in [1.29, 1.82) is 0 Å². The minimum Gasteiger partial charge on any atom is -0.462 e. The van der Waals surface area contributed by atoms with Crippen molar-refractivity contribution in [1.82, 2.24) is 0 Å². The van der Waals surface area contributed by atoms with Crippen LogP contribution in [-0.2, 0) is 32.7 Å². The van der Waals surface area contributed by atoms with E-state index >= 15 is 0 Å². The number of quaternary nitrogens is 1. The Bertz CT molecular complexity index is 1130. The Morgan fingerprint density at radius 2 is 1.20 bits per heavy atom. The molecule has 0 bridgehead atoms. The average Bonchev–Trinajstić information content (AvgIpc) is 3.44. The molecule has 348 valence electrons. The monoisotopic (exact) mass is 863 g/mol. The van der Waals surface area contributed by atoms with Gasteiger partial charge in [0.05, 0.1) is 46.1 Å². The Morgan fingerprint density at radius 3 is 1.76 bits per heavy atom. The van der Waals surface area contributed by atoms with Crippen LogP contribution in [-0.4, -0.2) is 109 Å². The van der Waals surface area contributed by atoms with Gasteiger partial charge in [0, 0.05) is 25.2 Å². The zero-order valence-electron chi connectivity index (χ0n) is 38.1. The molecule has 0 heterocycles. The summed E-state index contributed by atoms with van der Waals surface area (Å²) in [6.07, 6.45) is 27.5. The van der Waals surface area contributed by atoms with Crippen LogP contribution in [0.4, 0.5) is 0 Å². The van der Waals surface area contributed by atoms with E-state index in [0.717, 1.165) is 64.2 Å². The second kappa shape index (κ2) is 34.2. The zero-order valence-corrected chi connectivity index (χ0v) is 39.0. The van der Waals surface area contributed by atoms with E-state index in [4.69, 9.17) is 18.5 Å². The molecule has 4 N–H and O–H groups in total. The first-order valence-electron chi connectivity index (χ1n) is 23.7. The van der Waals surface area contributed by atoms with Gasteiger partial charge in [-0.3, -0.25) is 18.6 Å². The highest BCUT2D eigenvalue weighted by Gasteiger charge is 2.39. The van der Waals surface area contributed by atoms with Crippen molar-refractivity contribution in [2.75, 3.05) is 47.5 Å². The number of esters is 2. The van der Waals surface area contributed by atoms with Gasteiger partial charge < -0.3 is 34.2 Å². The first kappa shape index (κ1) is 55.6. The van der Waals surface area contributed by atoms with Gasteiger partial charge in [0.1, 0.15) is 19.8 Å². The number of unbranched alkanes of at least 4 members (excludes halogenated alkanes) is 19. The number of rotatable bonds is 39. The first-order chi connectivity index (χ1) is 28.2. The summed E-state index contributed by atoms with van der Waals surface area (Å²) in [5, 5.41) is 31.5. The number of nitrogens with zero attached hydrogens (tertiary/aromatic N) is 1. The molecular weight excluding hydrogens is 773 g/mol. The van der Waals surface area contributed by atoms with Gasteiger partial charge in [-0.15, -0.1) is 0 Å². The minimum absolute atomic E-state index is 0.00410. The number of ether oxygens (including phenoxy) is 2. The lowest BCUT2D eigenvalue weighted by Gasteiger charge is -2.24. The molecule has 0 spiro atoms. The van der Waals surface area contributed by atoms with Crippen molar-refractivity contribution < 1.29 is 57.4 Å². The smallest absolute Gasteiger partial charge is 0.462 e. The highest BCUT2D eigenvalue weighted by Crippen LogP contribution is 2.43. The Kier molecular flexibility index (Phi) is 32.2. The molecule has 1 aliphatic rings. The highest BCUT2D eigenvalue weighted by atomic mass is 31.2. The third-order valence-corrected chi connectivity index (χ3v) is 12.4. The number of phosphoric acid groups is 1. The Morgan fingerprint density at radius 1 is 0.695 bits per heavy atom. The van der Waals surface area contributed by atoms with Crippen molar-refractivity contribution in [3.8, 4) is 0 Å². The van der Waals surface area contributed by atoms with Gasteiger partial charge in [-0.2, -0.15) is 0 Å². The lowest BCUT2D eigenvalue weighted by molar-refractivity contribution is -0.870. The zero-order chi connectivity index (χ0) is 43.8.